The highest BCUT2D eigenvalue weighted by molar-refractivity contribution is 5.96. The van der Waals surface area contributed by atoms with Crippen LogP contribution in [0.5, 0.6) is 5.75 Å². The summed E-state index contributed by atoms with van der Waals surface area (Å²) in [6, 6.07) is 13.5. The quantitative estimate of drug-likeness (QED) is 0.337. The van der Waals surface area contributed by atoms with Gasteiger partial charge in [0.1, 0.15) is 29.2 Å². The fourth-order valence-corrected chi connectivity index (χ4v) is 5.72. The van der Waals surface area contributed by atoms with Gasteiger partial charge in [-0.2, -0.15) is 5.26 Å². The molecule has 5 heterocycles. The second-order valence-electron chi connectivity index (χ2n) is 10.8. The summed E-state index contributed by atoms with van der Waals surface area (Å²) in [5.41, 5.74) is 4.85. The van der Waals surface area contributed by atoms with Crippen LogP contribution in [0.1, 0.15) is 28.8 Å². The molecule has 3 aromatic heterocycles. The topological polar surface area (TPSA) is 98.7 Å². The van der Waals surface area contributed by atoms with Crippen molar-refractivity contribution in [1.29, 1.82) is 5.26 Å². The lowest BCUT2D eigenvalue weighted by Gasteiger charge is -2.20. The molecule has 0 saturated carbocycles. The number of furan rings is 1. The van der Waals surface area contributed by atoms with Crippen LogP contribution >= 0.6 is 0 Å². The van der Waals surface area contributed by atoms with Crippen molar-refractivity contribution in [2.75, 3.05) is 52.3 Å². The number of hydrogen-bond donors (Lipinski definition) is 0. The van der Waals surface area contributed by atoms with E-state index in [4.69, 9.17) is 9.15 Å². The van der Waals surface area contributed by atoms with Crippen molar-refractivity contribution < 1.29 is 18.3 Å². The Bertz CT molecular complexity index is 1660. The molecule has 1 aromatic carbocycles. The van der Waals surface area contributed by atoms with Gasteiger partial charge in [0.15, 0.2) is 11.3 Å². The second-order valence-corrected chi connectivity index (χ2v) is 10.8. The molecule has 0 aliphatic carbocycles. The van der Waals surface area contributed by atoms with Gasteiger partial charge in [0, 0.05) is 56.2 Å². The highest BCUT2D eigenvalue weighted by atomic mass is 19.1. The highest BCUT2D eigenvalue weighted by Crippen LogP contribution is 2.38. The number of carbonyl (C=O) groups is 1. The van der Waals surface area contributed by atoms with E-state index in [-0.39, 0.29) is 5.91 Å². The molecule has 2 fully saturated rings. The molecule has 1 amide bonds. The van der Waals surface area contributed by atoms with Gasteiger partial charge >= 0.3 is 0 Å². The molecule has 0 unspecified atom stereocenters. The Morgan fingerprint density at radius 3 is 2.71 bits per heavy atom. The molecule has 41 heavy (non-hydrogen) atoms. The van der Waals surface area contributed by atoms with Crippen LogP contribution < -0.4 is 9.64 Å². The molecule has 2 aliphatic rings. The summed E-state index contributed by atoms with van der Waals surface area (Å²) in [4.78, 5) is 28.1. The number of benzene rings is 1. The van der Waals surface area contributed by atoms with E-state index in [0.717, 1.165) is 23.2 Å². The molecule has 10 heteroatoms. The minimum absolute atomic E-state index is 0.0760. The van der Waals surface area contributed by atoms with Crippen LogP contribution in [0.2, 0.25) is 0 Å². The van der Waals surface area contributed by atoms with Crippen LogP contribution in [0.3, 0.4) is 0 Å². The predicted octanol–water partition coefficient (Wildman–Crippen LogP) is 4.76. The van der Waals surface area contributed by atoms with Gasteiger partial charge in [0.05, 0.1) is 23.9 Å². The van der Waals surface area contributed by atoms with Gasteiger partial charge in [-0.25, -0.2) is 9.37 Å². The number of pyridine rings is 2. The monoisotopic (exact) mass is 554 g/mol. The molecule has 2 atom stereocenters. The van der Waals surface area contributed by atoms with E-state index in [1.165, 1.54) is 7.11 Å². The van der Waals surface area contributed by atoms with Gasteiger partial charge in [-0.05, 0) is 56.8 Å². The maximum absolute atomic E-state index is 13.8. The zero-order chi connectivity index (χ0) is 28.7. The van der Waals surface area contributed by atoms with Crippen molar-refractivity contribution in [3.8, 4) is 34.4 Å². The summed E-state index contributed by atoms with van der Waals surface area (Å²) in [6.07, 6.45) is 3.77. The van der Waals surface area contributed by atoms with E-state index in [1.807, 2.05) is 42.1 Å². The van der Waals surface area contributed by atoms with Crippen molar-refractivity contribution >= 4 is 22.7 Å². The number of likely N-dealkylation sites (tertiary alicyclic amines) is 1. The van der Waals surface area contributed by atoms with E-state index >= 15 is 0 Å². The van der Waals surface area contributed by atoms with Crippen LogP contribution in [0.25, 0.3) is 33.7 Å². The first-order valence-electron chi connectivity index (χ1n) is 13.7. The molecule has 4 aromatic rings. The number of methoxy groups -OCH3 is 1. The number of anilines is 1. The third-order valence-corrected chi connectivity index (χ3v) is 8.05. The first kappa shape index (κ1) is 26.7. The lowest BCUT2D eigenvalue weighted by atomic mass is 10.0. The number of ether oxygens (including phenoxy) is 1. The zero-order valence-corrected chi connectivity index (χ0v) is 23.3. The second kappa shape index (κ2) is 10.8. The Hall–Kier alpha value is -4.49. The Balaban J connectivity index is 1.32. The molecule has 0 radical (unpaired) electrons. The first-order valence-corrected chi connectivity index (χ1v) is 13.7. The number of carbonyl (C=O) groups excluding carboxylic acids is 1. The van der Waals surface area contributed by atoms with Gasteiger partial charge in [-0.1, -0.05) is 6.07 Å². The standard InChI is InChI=1S/C31H31FN6O3/c1-36(2)23-8-11-38(18-23)31(39)21-13-27(40-3)29(35-16-21)28-14-25-30(41-28)24(6-9-34-25)19-4-5-26(20(12-19)15-33)37-10-7-22(32)17-37/h4-6,9,12-14,16,22-23H,7-8,10-11,17-18H2,1-3H3/t22-,23-/m1/s1. The summed E-state index contributed by atoms with van der Waals surface area (Å²) in [5.74, 6) is 0.800. The van der Waals surface area contributed by atoms with Crippen molar-refractivity contribution in [3.63, 3.8) is 0 Å². The normalized spacial score (nSPS) is 18.8. The third kappa shape index (κ3) is 4.98. The van der Waals surface area contributed by atoms with Crippen LogP contribution in [-0.2, 0) is 0 Å². The van der Waals surface area contributed by atoms with Crippen LogP contribution in [-0.4, -0.2) is 85.3 Å². The van der Waals surface area contributed by atoms with Gasteiger partial charge in [0.2, 0.25) is 0 Å². The number of alkyl halides is 1. The van der Waals surface area contributed by atoms with Gasteiger partial charge < -0.3 is 23.9 Å². The average molecular weight is 555 g/mol. The third-order valence-electron chi connectivity index (χ3n) is 8.05. The summed E-state index contributed by atoms with van der Waals surface area (Å²) >= 11 is 0. The number of aromatic nitrogens is 2. The Labute approximate surface area is 237 Å². The van der Waals surface area contributed by atoms with Crippen LogP contribution in [0.4, 0.5) is 10.1 Å². The molecule has 2 saturated heterocycles. The molecule has 0 bridgehead atoms. The van der Waals surface area contributed by atoms with E-state index in [0.29, 0.717) is 78.1 Å². The van der Waals surface area contributed by atoms with E-state index in [2.05, 4.69) is 20.9 Å². The highest BCUT2D eigenvalue weighted by Gasteiger charge is 2.29. The summed E-state index contributed by atoms with van der Waals surface area (Å²) in [5, 5.41) is 9.85. The molecule has 2 aliphatic heterocycles. The SMILES string of the molecule is COc1cc(C(=O)N2CC[C@@H](N(C)C)C2)cnc1-c1cc2nccc(-c3ccc(N4CC[C@@H](F)C4)c(C#N)c3)c2o1. The number of amides is 1. The Morgan fingerprint density at radius 2 is 2.00 bits per heavy atom. The van der Waals surface area contributed by atoms with Gasteiger partial charge in [-0.15, -0.1) is 0 Å². The fraction of sp³-hybridized carbons (Fsp3) is 0.355. The number of likely N-dealkylation sites (N-methyl/N-ethyl adjacent to an activating group) is 1. The van der Waals surface area contributed by atoms with Crippen LogP contribution in [0.15, 0.2) is 53.2 Å². The number of fused-ring (bicyclic) bond motifs is 1. The van der Waals surface area contributed by atoms with Crippen molar-refractivity contribution in [2.45, 2.75) is 25.1 Å². The van der Waals surface area contributed by atoms with E-state index < -0.39 is 6.17 Å². The van der Waals surface area contributed by atoms with Crippen molar-refractivity contribution in [1.82, 2.24) is 19.8 Å². The fourth-order valence-electron chi connectivity index (χ4n) is 5.72. The largest absolute Gasteiger partial charge is 0.494 e. The minimum Gasteiger partial charge on any atom is -0.494 e. The number of nitriles is 1. The smallest absolute Gasteiger partial charge is 0.255 e. The molecule has 9 nitrogen and oxygen atoms in total. The molecule has 210 valence electrons. The number of nitrogens with zero attached hydrogens (tertiary/aromatic N) is 6. The van der Waals surface area contributed by atoms with Crippen LogP contribution in [0, 0.1) is 11.3 Å². The Kier molecular flexibility index (Phi) is 7.05. The van der Waals surface area contributed by atoms with Crippen molar-refractivity contribution in [2.24, 2.45) is 0 Å². The minimum atomic E-state index is -0.879. The number of hydrogen-bond acceptors (Lipinski definition) is 8. The Morgan fingerprint density at radius 1 is 1.15 bits per heavy atom. The summed E-state index contributed by atoms with van der Waals surface area (Å²) in [6.45, 7) is 2.26. The maximum atomic E-state index is 13.8. The molecule has 6 rings (SSSR count). The molecular weight excluding hydrogens is 523 g/mol. The zero-order valence-electron chi connectivity index (χ0n) is 23.3. The number of halogens is 1. The average Bonchev–Trinajstić information content (AvgIpc) is 3.75. The van der Waals surface area contributed by atoms with Crippen molar-refractivity contribution in [3.05, 3.63) is 59.9 Å². The van der Waals surface area contributed by atoms with Gasteiger partial charge in [0.25, 0.3) is 5.91 Å². The molecular formula is C31H31FN6O3. The van der Waals surface area contributed by atoms with E-state index in [1.54, 1.807) is 30.6 Å². The van der Waals surface area contributed by atoms with E-state index in [9.17, 15) is 14.4 Å². The first-order chi connectivity index (χ1) is 19.9. The lowest BCUT2D eigenvalue weighted by Crippen LogP contribution is -2.34. The molecule has 0 spiro atoms. The molecule has 0 N–H and O–H groups in total. The number of rotatable bonds is 6. The maximum Gasteiger partial charge on any atom is 0.255 e. The van der Waals surface area contributed by atoms with Gasteiger partial charge in [-0.3, -0.25) is 9.78 Å². The summed E-state index contributed by atoms with van der Waals surface area (Å²) in [7, 11) is 5.59. The lowest BCUT2D eigenvalue weighted by molar-refractivity contribution is 0.0782. The summed E-state index contributed by atoms with van der Waals surface area (Å²) < 4.78 is 25.7. The predicted molar refractivity (Wildman–Crippen MR) is 154 cm³/mol.